The van der Waals surface area contributed by atoms with Gasteiger partial charge < -0.3 is 4.90 Å². The Hall–Kier alpha value is -2.08. The molecule has 1 aliphatic rings. The van der Waals surface area contributed by atoms with Crippen LogP contribution in [0.15, 0.2) is 36.4 Å². The molecule has 1 aliphatic heterocycles. The number of fused-ring (bicyclic) bond motifs is 1. The number of nitrogens with zero attached hydrogens (tertiary/aromatic N) is 2. The molecule has 1 amide bonds. The molecule has 24 heavy (non-hydrogen) atoms. The molecule has 0 radical (unpaired) electrons. The third kappa shape index (κ3) is 3.11. The van der Waals surface area contributed by atoms with Gasteiger partial charge in [-0.2, -0.15) is 13.2 Å². The van der Waals surface area contributed by atoms with E-state index in [0.29, 0.717) is 28.5 Å². The molecule has 0 aliphatic carbocycles. The minimum absolute atomic E-state index is 0.142. The van der Waals surface area contributed by atoms with E-state index in [2.05, 4.69) is 4.98 Å². The van der Waals surface area contributed by atoms with Crippen LogP contribution in [0.3, 0.4) is 0 Å². The van der Waals surface area contributed by atoms with Crippen LogP contribution in [0.25, 0.3) is 0 Å². The molecular weight excluding hydrogens is 341 g/mol. The number of hydrogen-bond donors (Lipinski definition) is 0. The van der Waals surface area contributed by atoms with Crippen LogP contribution in [0.5, 0.6) is 0 Å². The summed E-state index contributed by atoms with van der Waals surface area (Å²) in [5, 5.41) is 0.328. The average Bonchev–Trinajstić information content (AvgIpc) is 2.54. The van der Waals surface area contributed by atoms with Gasteiger partial charge in [-0.15, -0.1) is 0 Å². The van der Waals surface area contributed by atoms with Gasteiger partial charge in [0, 0.05) is 12.8 Å². The molecule has 3 rings (SSSR count). The second kappa shape index (κ2) is 6.09. The highest BCUT2D eigenvalue weighted by molar-refractivity contribution is 6.29. The summed E-state index contributed by atoms with van der Waals surface area (Å²) in [5.74, 6) is -0.142. The predicted molar refractivity (Wildman–Crippen MR) is 84.9 cm³/mol. The quantitative estimate of drug-likeness (QED) is 0.726. The van der Waals surface area contributed by atoms with E-state index in [4.69, 9.17) is 11.6 Å². The second-order valence-corrected chi connectivity index (χ2v) is 6.05. The molecule has 0 N–H and O–H groups in total. The molecule has 0 saturated heterocycles. The van der Waals surface area contributed by atoms with Gasteiger partial charge in [0.05, 0.1) is 23.0 Å². The second-order valence-electron chi connectivity index (χ2n) is 5.66. The zero-order chi connectivity index (χ0) is 17.5. The first kappa shape index (κ1) is 16.8. The van der Waals surface area contributed by atoms with E-state index in [9.17, 15) is 18.0 Å². The molecular formula is C17H14ClF3N2O. The smallest absolute Gasteiger partial charge is 0.303 e. The molecule has 0 fully saturated rings. The van der Waals surface area contributed by atoms with Crippen molar-refractivity contribution in [3.05, 3.63) is 58.4 Å². The van der Waals surface area contributed by atoms with Crippen molar-refractivity contribution in [3.63, 3.8) is 0 Å². The Kier molecular flexibility index (Phi) is 4.25. The summed E-state index contributed by atoms with van der Waals surface area (Å²) in [7, 11) is 0. The molecule has 0 saturated carbocycles. The van der Waals surface area contributed by atoms with Crippen molar-refractivity contribution in [2.24, 2.45) is 0 Å². The van der Waals surface area contributed by atoms with Crippen molar-refractivity contribution in [1.29, 1.82) is 0 Å². The van der Waals surface area contributed by atoms with E-state index in [1.807, 2.05) is 0 Å². The summed E-state index contributed by atoms with van der Waals surface area (Å²) in [6.45, 7) is 1.71. The molecule has 3 nitrogen and oxygen atoms in total. The number of aryl methyl sites for hydroxylation is 1. The summed E-state index contributed by atoms with van der Waals surface area (Å²) in [5.41, 5.74) is 0.966. The molecule has 126 valence electrons. The molecule has 0 bridgehead atoms. The third-order valence-electron chi connectivity index (χ3n) is 4.10. The number of benzene rings is 1. The molecule has 0 spiro atoms. The first-order valence-corrected chi connectivity index (χ1v) is 7.80. The Labute approximate surface area is 142 Å². The van der Waals surface area contributed by atoms with E-state index in [-0.39, 0.29) is 12.3 Å². The monoisotopic (exact) mass is 354 g/mol. The first-order valence-electron chi connectivity index (χ1n) is 7.42. The number of rotatable bonds is 2. The molecule has 1 atom stereocenters. The fourth-order valence-electron chi connectivity index (χ4n) is 2.90. The van der Waals surface area contributed by atoms with Crippen LogP contribution in [0.1, 0.15) is 36.2 Å². The summed E-state index contributed by atoms with van der Waals surface area (Å²) in [4.78, 5) is 18.1. The van der Waals surface area contributed by atoms with Crippen LogP contribution >= 0.6 is 11.6 Å². The highest BCUT2D eigenvalue weighted by Gasteiger charge is 2.33. The van der Waals surface area contributed by atoms with E-state index in [0.717, 1.165) is 12.1 Å². The van der Waals surface area contributed by atoms with Crippen LogP contribution in [0, 0.1) is 0 Å². The number of alkyl halides is 3. The maximum Gasteiger partial charge on any atom is 0.416 e. The van der Waals surface area contributed by atoms with Gasteiger partial charge in [0.25, 0.3) is 0 Å². The summed E-state index contributed by atoms with van der Waals surface area (Å²) in [6, 6.07) is 7.76. The number of aromatic nitrogens is 1. The lowest BCUT2D eigenvalue weighted by Crippen LogP contribution is -2.37. The van der Waals surface area contributed by atoms with Crippen molar-refractivity contribution in [3.8, 4) is 0 Å². The Morgan fingerprint density at radius 2 is 1.96 bits per heavy atom. The van der Waals surface area contributed by atoms with Crippen LogP contribution in [0.4, 0.5) is 18.9 Å². The number of carbonyl (C=O) groups excluding carboxylic acids is 1. The van der Waals surface area contributed by atoms with Gasteiger partial charge >= 0.3 is 6.18 Å². The maximum atomic E-state index is 12.9. The van der Waals surface area contributed by atoms with Gasteiger partial charge in [0.2, 0.25) is 5.91 Å². The Morgan fingerprint density at radius 1 is 1.21 bits per heavy atom. The highest BCUT2D eigenvalue weighted by atomic mass is 35.5. The van der Waals surface area contributed by atoms with Crippen LogP contribution in [0.2, 0.25) is 5.15 Å². The molecule has 7 heteroatoms. The van der Waals surface area contributed by atoms with Crippen molar-refractivity contribution in [2.45, 2.75) is 32.0 Å². The lowest BCUT2D eigenvalue weighted by Gasteiger charge is -2.34. The number of carbonyl (C=O) groups is 1. The fourth-order valence-corrected chi connectivity index (χ4v) is 3.06. The minimum atomic E-state index is -4.42. The number of anilines is 1. The lowest BCUT2D eigenvalue weighted by atomic mass is 9.99. The van der Waals surface area contributed by atoms with Crippen molar-refractivity contribution in [1.82, 2.24) is 4.98 Å². The zero-order valence-corrected chi connectivity index (χ0v) is 13.5. The van der Waals surface area contributed by atoms with Gasteiger partial charge in [0.1, 0.15) is 5.15 Å². The van der Waals surface area contributed by atoms with Crippen LogP contribution < -0.4 is 4.90 Å². The average molecular weight is 355 g/mol. The molecule has 1 unspecified atom stereocenters. The van der Waals surface area contributed by atoms with E-state index in [1.165, 1.54) is 11.0 Å². The van der Waals surface area contributed by atoms with Gasteiger partial charge in [-0.25, -0.2) is 4.98 Å². The Balaban J connectivity index is 2.01. The Bertz CT molecular complexity index is 792. The van der Waals surface area contributed by atoms with Gasteiger partial charge in [-0.05, 0) is 36.8 Å². The summed E-state index contributed by atoms with van der Waals surface area (Å²) >= 11 is 5.89. The number of pyridine rings is 1. The van der Waals surface area contributed by atoms with Gasteiger partial charge in [-0.3, -0.25) is 4.79 Å². The zero-order valence-electron chi connectivity index (χ0n) is 12.8. The molecule has 1 aromatic heterocycles. The summed E-state index contributed by atoms with van der Waals surface area (Å²) < 4.78 is 38.8. The van der Waals surface area contributed by atoms with Crippen molar-refractivity contribution < 1.29 is 18.0 Å². The fraction of sp³-hybridized carbons (Fsp3) is 0.294. The number of halogens is 4. The Morgan fingerprint density at radius 3 is 2.67 bits per heavy atom. The maximum absolute atomic E-state index is 12.9. The molecule has 1 aromatic carbocycles. The van der Waals surface area contributed by atoms with Crippen molar-refractivity contribution in [2.75, 3.05) is 4.90 Å². The summed E-state index contributed by atoms with van der Waals surface area (Å²) in [6.07, 6.45) is -3.70. The number of hydrogen-bond acceptors (Lipinski definition) is 2. The van der Waals surface area contributed by atoms with E-state index >= 15 is 0 Å². The highest BCUT2D eigenvalue weighted by Crippen LogP contribution is 2.36. The standard InChI is InChI=1S/C17H14ClF3N2O/c1-10(11-3-2-4-12(9-11)17(19,20)21)23-14-6-7-15(18)22-13(14)5-8-16(23)24/h2-4,6-7,9-10H,5,8H2,1H3. The minimum Gasteiger partial charge on any atom is -0.303 e. The first-order chi connectivity index (χ1) is 11.3. The predicted octanol–water partition coefficient (Wildman–Crippen LogP) is 4.79. The van der Waals surface area contributed by atoms with E-state index < -0.39 is 17.8 Å². The third-order valence-corrected chi connectivity index (χ3v) is 4.31. The van der Waals surface area contributed by atoms with Crippen molar-refractivity contribution >= 4 is 23.2 Å². The van der Waals surface area contributed by atoms with Crippen LogP contribution in [-0.4, -0.2) is 10.9 Å². The largest absolute Gasteiger partial charge is 0.416 e. The topological polar surface area (TPSA) is 33.2 Å². The molecule has 2 aromatic rings. The number of amides is 1. The van der Waals surface area contributed by atoms with Gasteiger partial charge in [0.15, 0.2) is 0 Å². The lowest BCUT2D eigenvalue weighted by molar-refractivity contribution is -0.137. The normalized spacial score (nSPS) is 16.0. The van der Waals surface area contributed by atoms with E-state index in [1.54, 1.807) is 25.1 Å². The van der Waals surface area contributed by atoms with Crippen LogP contribution in [-0.2, 0) is 17.4 Å². The molecule has 2 heterocycles. The van der Waals surface area contributed by atoms with Gasteiger partial charge in [-0.1, -0.05) is 23.7 Å². The SMILES string of the molecule is CC(c1cccc(C(F)(F)F)c1)N1C(=O)CCc2nc(Cl)ccc21.